The topological polar surface area (TPSA) is 33.5 Å². The SMILES string of the molecule is O=C(C[NH+]1CCCCCCC1)Nc1ccc(SC(F)F)cc1. The van der Waals surface area contributed by atoms with Crippen molar-refractivity contribution in [2.75, 3.05) is 25.0 Å². The van der Waals surface area contributed by atoms with Crippen LogP contribution in [0.5, 0.6) is 0 Å². The van der Waals surface area contributed by atoms with Crippen LogP contribution in [0, 0.1) is 0 Å². The van der Waals surface area contributed by atoms with E-state index in [0.29, 0.717) is 28.9 Å². The molecule has 1 fully saturated rings. The number of thioether (sulfide) groups is 1. The van der Waals surface area contributed by atoms with Gasteiger partial charge in [-0.1, -0.05) is 18.2 Å². The first-order valence-electron chi connectivity index (χ1n) is 7.82. The number of quaternary nitrogens is 1. The van der Waals surface area contributed by atoms with E-state index in [1.807, 2.05) is 0 Å². The number of amides is 1. The van der Waals surface area contributed by atoms with Gasteiger partial charge < -0.3 is 10.2 Å². The summed E-state index contributed by atoms with van der Waals surface area (Å²) in [5.41, 5.74) is 0.662. The first-order chi connectivity index (χ1) is 10.6. The van der Waals surface area contributed by atoms with Crippen molar-refractivity contribution in [3.05, 3.63) is 24.3 Å². The number of alkyl halides is 2. The number of likely N-dealkylation sites (tertiary alicyclic amines) is 1. The van der Waals surface area contributed by atoms with Crippen molar-refractivity contribution in [2.24, 2.45) is 0 Å². The molecule has 0 aromatic heterocycles. The molecule has 2 rings (SSSR count). The van der Waals surface area contributed by atoms with Crippen molar-refractivity contribution < 1.29 is 18.5 Å². The monoisotopic (exact) mass is 329 g/mol. The highest BCUT2D eigenvalue weighted by Gasteiger charge is 2.15. The molecule has 6 heteroatoms. The van der Waals surface area contributed by atoms with Crippen LogP contribution in [-0.2, 0) is 4.79 Å². The summed E-state index contributed by atoms with van der Waals surface area (Å²) in [5.74, 6) is -2.43. The van der Waals surface area contributed by atoms with Crippen molar-refractivity contribution in [1.82, 2.24) is 0 Å². The molecular weight excluding hydrogens is 306 g/mol. The number of nitrogens with one attached hydrogen (secondary N) is 2. The van der Waals surface area contributed by atoms with Crippen LogP contribution in [0.25, 0.3) is 0 Å². The van der Waals surface area contributed by atoms with Crippen molar-refractivity contribution in [3.8, 4) is 0 Å². The first-order valence-corrected chi connectivity index (χ1v) is 8.70. The summed E-state index contributed by atoms with van der Waals surface area (Å²) < 4.78 is 24.5. The highest BCUT2D eigenvalue weighted by atomic mass is 32.2. The molecule has 0 radical (unpaired) electrons. The lowest BCUT2D eigenvalue weighted by atomic mass is 10.1. The molecule has 0 aliphatic carbocycles. The standard InChI is InChI=1S/C16H22F2N2OS/c17-16(18)22-14-8-6-13(7-9-14)19-15(21)12-20-10-4-2-1-3-5-11-20/h6-9,16H,1-5,10-12H2,(H,19,21)/p+1. The van der Waals surface area contributed by atoms with E-state index in [1.54, 1.807) is 24.3 Å². The number of halogens is 2. The minimum atomic E-state index is -2.42. The van der Waals surface area contributed by atoms with E-state index in [4.69, 9.17) is 0 Å². The number of hydrogen-bond donors (Lipinski definition) is 2. The molecule has 0 unspecified atom stereocenters. The van der Waals surface area contributed by atoms with Gasteiger partial charge in [-0.15, -0.1) is 0 Å². The second kappa shape index (κ2) is 9.10. The van der Waals surface area contributed by atoms with Gasteiger partial charge in [0.15, 0.2) is 6.54 Å². The van der Waals surface area contributed by atoms with E-state index in [9.17, 15) is 13.6 Å². The van der Waals surface area contributed by atoms with Crippen LogP contribution in [0.3, 0.4) is 0 Å². The number of rotatable bonds is 5. The van der Waals surface area contributed by atoms with Gasteiger partial charge in [0.1, 0.15) is 0 Å². The second-order valence-corrected chi connectivity index (χ2v) is 6.71. The zero-order valence-corrected chi connectivity index (χ0v) is 13.4. The number of carbonyl (C=O) groups is 1. The van der Waals surface area contributed by atoms with Gasteiger partial charge in [-0.3, -0.25) is 4.79 Å². The number of benzene rings is 1. The van der Waals surface area contributed by atoms with Gasteiger partial charge >= 0.3 is 0 Å². The van der Waals surface area contributed by atoms with Crippen LogP contribution in [0.4, 0.5) is 14.5 Å². The molecule has 0 spiro atoms. The smallest absolute Gasteiger partial charge is 0.288 e. The highest BCUT2D eigenvalue weighted by Crippen LogP contribution is 2.26. The minimum absolute atomic E-state index is 0.00941. The third-order valence-corrected chi connectivity index (χ3v) is 4.56. The molecule has 1 saturated heterocycles. The number of carbonyl (C=O) groups excluding carboxylic acids is 1. The third-order valence-electron chi connectivity index (χ3n) is 3.83. The lowest BCUT2D eigenvalue weighted by Crippen LogP contribution is -3.13. The average Bonchev–Trinajstić information content (AvgIpc) is 2.43. The predicted octanol–water partition coefficient (Wildman–Crippen LogP) is 2.79. The molecule has 1 aromatic rings. The van der Waals surface area contributed by atoms with Gasteiger partial charge in [-0.05, 0) is 49.9 Å². The molecule has 122 valence electrons. The van der Waals surface area contributed by atoms with E-state index in [0.717, 1.165) is 13.1 Å². The zero-order chi connectivity index (χ0) is 15.8. The Morgan fingerprint density at radius 1 is 1.09 bits per heavy atom. The van der Waals surface area contributed by atoms with E-state index < -0.39 is 5.76 Å². The molecule has 0 saturated carbocycles. The van der Waals surface area contributed by atoms with E-state index in [2.05, 4.69) is 5.32 Å². The summed E-state index contributed by atoms with van der Waals surface area (Å²) in [5, 5.41) is 2.85. The Labute approximate surface area is 134 Å². The Morgan fingerprint density at radius 3 is 2.27 bits per heavy atom. The van der Waals surface area contributed by atoms with Crippen molar-refractivity contribution in [3.63, 3.8) is 0 Å². The van der Waals surface area contributed by atoms with Crippen molar-refractivity contribution in [1.29, 1.82) is 0 Å². The Kier molecular flexibility index (Phi) is 7.12. The second-order valence-electron chi connectivity index (χ2n) is 5.65. The fourth-order valence-electron chi connectivity index (χ4n) is 2.73. The average molecular weight is 329 g/mol. The zero-order valence-electron chi connectivity index (χ0n) is 12.6. The van der Waals surface area contributed by atoms with E-state index in [1.165, 1.54) is 37.0 Å². The van der Waals surface area contributed by atoms with E-state index in [-0.39, 0.29) is 5.91 Å². The Balaban J connectivity index is 1.80. The maximum Gasteiger partial charge on any atom is 0.288 e. The van der Waals surface area contributed by atoms with E-state index >= 15 is 0 Å². The van der Waals surface area contributed by atoms with Crippen LogP contribution in [0.1, 0.15) is 32.1 Å². The summed E-state index contributed by atoms with van der Waals surface area (Å²) in [6.07, 6.45) is 6.19. The van der Waals surface area contributed by atoms with Crippen molar-refractivity contribution >= 4 is 23.4 Å². The fourth-order valence-corrected chi connectivity index (χ4v) is 3.23. The Morgan fingerprint density at radius 2 is 1.68 bits per heavy atom. The van der Waals surface area contributed by atoms with Crippen LogP contribution in [0.2, 0.25) is 0 Å². The minimum Gasteiger partial charge on any atom is -0.327 e. The number of anilines is 1. The maximum absolute atomic E-state index is 12.2. The van der Waals surface area contributed by atoms with Crippen LogP contribution in [0.15, 0.2) is 29.2 Å². The largest absolute Gasteiger partial charge is 0.327 e. The first kappa shape index (κ1) is 17.2. The molecule has 1 aliphatic rings. The van der Waals surface area contributed by atoms with Gasteiger partial charge in [0.25, 0.3) is 11.7 Å². The summed E-state index contributed by atoms with van der Waals surface area (Å²) in [7, 11) is 0. The number of hydrogen-bond acceptors (Lipinski definition) is 2. The third kappa shape index (κ3) is 6.32. The summed E-state index contributed by atoms with van der Waals surface area (Å²) in [6, 6.07) is 6.56. The molecule has 1 heterocycles. The molecular formula is C16H23F2N2OS+. The molecule has 22 heavy (non-hydrogen) atoms. The summed E-state index contributed by atoms with van der Waals surface area (Å²) >= 11 is 0.509. The molecule has 3 nitrogen and oxygen atoms in total. The summed E-state index contributed by atoms with van der Waals surface area (Å²) in [6.45, 7) is 2.59. The molecule has 0 atom stereocenters. The van der Waals surface area contributed by atoms with Crippen LogP contribution < -0.4 is 10.2 Å². The molecule has 1 aromatic carbocycles. The highest BCUT2D eigenvalue weighted by molar-refractivity contribution is 7.99. The quantitative estimate of drug-likeness (QED) is 0.815. The molecule has 1 amide bonds. The Bertz CT molecular complexity index is 460. The fraction of sp³-hybridized carbons (Fsp3) is 0.562. The maximum atomic E-state index is 12.2. The van der Waals surface area contributed by atoms with Crippen molar-refractivity contribution in [2.45, 2.75) is 42.8 Å². The molecule has 2 N–H and O–H groups in total. The van der Waals surface area contributed by atoms with Crippen LogP contribution in [-0.4, -0.2) is 31.3 Å². The lowest BCUT2D eigenvalue weighted by Gasteiger charge is -2.21. The molecule has 1 aliphatic heterocycles. The van der Waals surface area contributed by atoms with Gasteiger partial charge in [0.05, 0.1) is 13.1 Å². The Hall–Kier alpha value is -1.14. The van der Waals surface area contributed by atoms with Gasteiger partial charge in [0, 0.05) is 10.6 Å². The molecule has 0 bridgehead atoms. The predicted molar refractivity (Wildman–Crippen MR) is 85.6 cm³/mol. The van der Waals surface area contributed by atoms with Gasteiger partial charge in [-0.2, -0.15) is 8.78 Å². The van der Waals surface area contributed by atoms with Crippen LogP contribution >= 0.6 is 11.8 Å². The summed E-state index contributed by atoms with van der Waals surface area (Å²) in [4.78, 5) is 13.9. The lowest BCUT2D eigenvalue weighted by molar-refractivity contribution is -0.892. The van der Waals surface area contributed by atoms with Gasteiger partial charge in [-0.25, -0.2) is 0 Å². The van der Waals surface area contributed by atoms with Gasteiger partial charge in [0.2, 0.25) is 0 Å². The normalized spacial score (nSPS) is 17.0.